The molecule has 1 saturated carbocycles. The van der Waals surface area contributed by atoms with E-state index in [0.717, 1.165) is 42.9 Å². The molecule has 2 N–H and O–H groups in total. The molecule has 0 saturated heterocycles. The van der Waals surface area contributed by atoms with Crippen LogP contribution in [0, 0.1) is 17.8 Å². The van der Waals surface area contributed by atoms with Crippen molar-refractivity contribution in [3.8, 4) is 0 Å². The molecule has 2 amide bonds. The number of benzene rings is 1. The van der Waals surface area contributed by atoms with Crippen molar-refractivity contribution in [2.45, 2.75) is 58.5 Å². The van der Waals surface area contributed by atoms with Gasteiger partial charge in [-0.25, -0.2) is 0 Å². The minimum atomic E-state index is -0.448. The van der Waals surface area contributed by atoms with Crippen LogP contribution in [0.25, 0.3) is 0 Å². The molecule has 1 fully saturated rings. The van der Waals surface area contributed by atoms with E-state index in [4.69, 9.17) is 0 Å². The second-order valence-electron chi connectivity index (χ2n) is 7.90. The highest BCUT2D eigenvalue weighted by atomic mass is 32.2. The Bertz CT molecular complexity index is 583. The summed E-state index contributed by atoms with van der Waals surface area (Å²) in [4.78, 5) is 25.4. The van der Waals surface area contributed by atoms with Crippen molar-refractivity contribution in [2.24, 2.45) is 17.8 Å². The first-order valence-corrected chi connectivity index (χ1v) is 11.5. The lowest BCUT2D eigenvalue weighted by Crippen LogP contribution is -2.49. The van der Waals surface area contributed by atoms with Gasteiger partial charge in [-0.15, -0.1) is 0 Å². The zero-order valence-corrected chi connectivity index (χ0v) is 17.7. The molecule has 1 atom stereocenters. The first kappa shape index (κ1) is 21.8. The van der Waals surface area contributed by atoms with Crippen molar-refractivity contribution in [3.05, 3.63) is 35.9 Å². The van der Waals surface area contributed by atoms with Crippen LogP contribution in [0.2, 0.25) is 0 Å². The molecule has 0 aliphatic heterocycles. The van der Waals surface area contributed by atoms with E-state index >= 15 is 0 Å². The Labute approximate surface area is 168 Å². The molecule has 0 radical (unpaired) electrons. The van der Waals surface area contributed by atoms with E-state index in [9.17, 15) is 9.59 Å². The molecule has 0 aromatic heterocycles. The lowest BCUT2D eigenvalue weighted by Gasteiger charge is -2.31. The third kappa shape index (κ3) is 7.21. The maximum atomic E-state index is 12.7. The minimum Gasteiger partial charge on any atom is -0.350 e. The fourth-order valence-corrected chi connectivity index (χ4v) is 4.22. The topological polar surface area (TPSA) is 58.2 Å². The Morgan fingerprint density at radius 3 is 2.37 bits per heavy atom. The fourth-order valence-electron chi connectivity index (χ4n) is 3.75. The zero-order valence-electron chi connectivity index (χ0n) is 16.9. The Morgan fingerprint density at radius 1 is 1.11 bits per heavy atom. The summed E-state index contributed by atoms with van der Waals surface area (Å²) in [5, 5.41) is 6.01. The molecule has 2 rings (SSSR count). The standard InChI is InChI=1S/C22H34N2O2S/c1-16(2)18-9-11-19(12-10-18)21(25)24-20(13-14-27-3)22(26)23-15-17-7-5-4-6-8-17/h4-8,16,18-20H,9-15H2,1-3H3,(H,23,26)(H,24,25)/t18?,19?,20-/m0/s1. The van der Waals surface area contributed by atoms with Gasteiger partial charge in [0.25, 0.3) is 0 Å². The van der Waals surface area contributed by atoms with Crippen LogP contribution in [0.15, 0.2) is 30.3 Å². The van der Waals surface area contributed by atoms with Crippen molar-refractivity contribution >= 4 is 23.6 Å². The van der Waals surface area contributed by atoms with Gasteiger partial charge < -0.3 is 10.6 Å². The second-order valence-corrected chi connectivity index (χ2v) is 8.89. The number of carbonyl (C=O) groups is 2. The van der Waals surface area contributed by atoms with Crippen molar-refractivity contribution in [1.29, 1.82) is 0 Å². The van der Waals surface area contributed by atoms with Crippen molar-refractivity contribution in [3.63, 3.8) is 0 Å². The summed E-state index contributed by atoms with van der Waals surface area (Å²) in [5.41, 5.74) is 1.06. The van der Waals surface area contributed by atoms with Gasteiger partial charge in [-0.05, 0) is 61.5 Å². The Hall–Kier alpha value is -1.49. The third-order valence-corrected chi connectivity index (χ3v) is 6.28. The Balaban J connectivity index is 1.87. The molecule has 0 bridgehead atoms. The van der Waals surface area contributed by atoms with E-state index in [1.807, 2.05) is 36.6 Å². The maximum absolute atomic E-state index is 12.7. The fraction of sp³-hybridized carbons (Fsp3) is 0.636. The number of thioether (sulfide) groups is 1. The first-order chi connectivity index (χ1) is 13.0. The summed E-state index contributed by atoms with van der Waals surface area (Å²) >= 11 is 1.70. The van der Waals surface area contributed by atoms with Crippen LogP contribution in [0.1, 0.15) is 51.5 Å². The zero-order chi connectivity index (χ0) is 19.6. The summed E-state index contributed by atoms with van der Waals surface area (Å²) in [6.07, 6.45) is 6.80. The van der Waals surface area contributed by atoms with Gasteiger partial charge in [0.05, 0.1) is 0 Å². The van der Waals surface area contributed by atoms with Gasteiger partial charge in [0, 0.05) is 12.5 Å². The molecule has 4 nitrogen and oxygen atoms in total. The van der Waals surface area contributed by atoms with E-state index in [-0.39, 0.29) is 17.7 Å². The number of hydrogen-bond acceptors (Lipinski definition) is 3. The average molecular weight is 391 g/mol. The maximum Gasteiger partial charge on any atom is 0.242 e. The predicted molar refractivity (Wildman–Crippen MR) is 114 cm³/mol. The van der Waals surface area contributed by atoms with Crippen molar-refractivity contribution in [1.82, 2.24) is 10.6 Å². The third-order valence-electron chi connectivity index (χ3n) is 5.64. The lowest BCUT2D eigenvalue weighted by molar-refractivity contribution is -0.132. The quantitative estimate of drug-likeness (QED) is 0.670. The second kappa shape index (κ2) is 11.4. The van der Waals surface area contributed by atoms with Gasteiger partial charge in [-0.1, -0.05) is 44.2 Å². The van der Waals surface area contributed by atoms with Gasteiger partial charge in [0.2, 0.25) is 11.8 Å². The minimum absolute atomic E-state index is 0.0539. The summed E-state index contributed by atoms with van der Waals surface area (Å²) in [5.74, 6) is 2.29. The molecule has 27 heavy (non-hydrogen) atoms. The summed E-state index contributed by atoms with van der Waals surface area (Å²) in [6, 6.07) is 9.41. The molecular formula is C22H34N2O2S. The molecule has 1 aromatic carbocycles. The van der Waals surface area contributed by atoms with E-state index in [1.54, 1.807) is 11.8 Å². The van der Waals surface area contributed by atoms with Gasteiger partial charge in [-0.3, -0.25) is 9.59 Å². The SMILES string of the molecule is CSCC[C@H](NC(=O)C1CCC(C(C)C)CC1)C(=O)NCc1ccccc1. The van der Waals surface area contributed by atoms with E-state index in [1.165, 1.54) is 0 Å². The highest BCUT2D eigenvalue weighted by Crippen LogP contribution is 2.33. The smallest absolute Gasteiger partial charge is 0.242 e. The number of rotatable bonds is 9. The van der Waals surface area contributed by atoms with Crippen LogP contribution in [0.4, 0.5) is 0 Å². The highest BCUT2D eigenvalue weighted by Gasteiger charge is 2.30. The highest BCUT2D eigenvalue weighted by molar-refractivity contribution is 7.98. The average Bonchev–Trinajstić information content (AvgIpc) is 2.70. The van der Waals surface area contributed by atoms with Crippen molar-refractivity contribution in [2.75, 3.05) is 12.0 Å². The van der Waals surface area contributed by atoms with Crippen LogP contribution < -0.4 is 10.6 Å². The number of nitrogens with one attached hydrogen (secondary N) is 2. The molecule has 150 valence electrons. The van der Waals surface area contributed by atoms with Crippen LogP contribution in [0.5, 0.6) is 0 Å². The Kier molecular flexibility index (Phi) is 9.19. The van der Waals surface area contributed by atoms with Crippen LogP contribution >= 0.6 is 11.8 Å². The Morgan fingerprint density at radius 2 is 1.78 bits per heavy atom. The summed E-state index contributed by atoms with van der Waals surface area (Å²) in [7, 11) is 0. The lowest BCUT2D eigenvalue weighted by atomic mass is 9.76. The molecule has 1 aliphatic carbocycles. The van der Waals surface area contributed by atoms with Crippen LogP contribution in [0.3, 0.4) is 0 Å². The molecule has 0 spiro atoms. The van der Waals surface area contributed by atoms with Gasteiger partial charge in [0.15, 0.2) is 0 Å². The molecule has 0 unspecified atom stereocenters. The first-order valence-electron chi connectivity index (χ1n) is 10.1. The summed E-state index contributed by atoms with van der Waals surface area (Å²) < 4.78 is 0. The number of carbonyl (C=O) groups excluding carboxylic acids is 2. The van der Waals surface area contributed by atoms with Gasteiger partial charge >= 0.3 is 0 Å². The van der Waals surface area contributed by atoms with E-state index < -0.39 is 6.04 Å². The molecular weight excluding hydrogens is 356 g/mol. The van der Waals surface area contributed by atoms with Crippen molar-refractivity contribution < 1.29 is 9.59 Å². The van der Waals surface area contributed by atoms with Crippen LogP contribution in [-0.4, -0.2) is 29.9 Å². The molecule has 0 heterocycles. The van der Waals surface area contributed by atoms with Gasteiger partial charge in [0.1, 0.15) is 6.04 Å². The number of hydrogen-bond donors (Lipinski definition) is 2. The van der Waals surface area contributed by atoms with E-state index in [2.05, 4.69) is 24.5 Å². The van der Waals surface area contributed by atoms with Gasteiger partial charge in [-0.2, -0.15) is 11.8 Å². The van der Waals surface area contributed by atoms with Crippen LogP contribution in [-0.2, 0) is 16.1 Å². The monoisotopic (exact) mass is 390 g/mol. The van der Waals surface area contributed by atoms with E-state index in [0.29, 0.717) is 18.9 Å². The molecule has 1 aliphatic rings. The number of amides is 2. The molecule has 5 heteroatoms. The largest absolute Gasteiger partial charge is 0.350 e. The predicted octanol–water partition coefficient (Wildman–Crippen LogP) is 4.00. The normalized spacial score (nSPS) is 20.9. The molecule has 1 aromatic rings. The summed E-state index contributed by atoms with van der Waals surface area (Å²) in [6.45, 7) is 5.02.